The van der Waals surface area contributed by atoms with Crippen molar-refractivity contribution in [2.45, 2.75) is 26.3 Å². The van der Waals surface area contributed by atoms with Gasteiger partial charge in [0.05, 0.1) is 4.88 Å². The van der Waals surface area contributed by atoms with E-state index in [0.717, 1.165) is 16.5 Å². The third-order valence-corrected chi connectivity index (χ3v) is 5.06. The van der Waals surface area contributed by atoms with Crippen molar-refractivity contribution in [3.63, 3.8) is 0 Å². The average Bonchev–Trinajstić information content (AvgIpc) is 3.15. The number of carbonyl (C=O) groups is 2. The Kier molecular flexibility index (Phi) is 4.73. The van der Waals surface area contributed by atoms with E-state index in [-0.39, 0.29) is 24.2 Å². The minimum atomic E-state index is -0.249. The fourth-order valence-electron chi connectivity index (χ4n) is 2.70. The zero-order valence-electron chi connectivity index (χ0n) is 13.4. The van der Waals surface area contributed by atoms with E-state index in [1.54, 1.807) is 18.2 Å². The van der Waals surface area contributed by atoms with E-state index < -0.39 is 0 Å². The number of nitrogens with one attached hydrogen (secondary N) is 2. The maximum atomic E-state index is 12.5. The number of halogens is 1. The molecule has 1 atom stereocenters. The van der Waals surface area contributed by atoms with Crippen LogP contribution in [0.25, 0.3) is 10.9 Å². The number of amides is 1. The molecular formula is C18H17ClN2O2S. The molecule has 1 aromatic carbocycles. The number of H-pyrrole nitrogens is 1. The zero-order chi connectivity index (χ0) is 17.3. The number of hydrogen-bond donors (Lipinski definition) is 2. The monoisotopic (exact) mass is 360 g/mol. The van der Waals surface area contributed by atoms with Gasteiger partial charge in [-0.2, -0.15) is 0 Å². The number of aromatic amines is 1. The first-order valence-corrected chi connectivity index (χ1v) is 8.87. The molecule has 6 heteroatoms. The number of rotatable bonds is 5. The van der Waals surface area contributed by atoms with Crippen LogP contribution in [0.1, 0.15) is 39.1 Å². The van der Waals surface area contributed by atoms with Gasteiger partial charge in [-0.1, -0.05) is 23.7 Å². The van der Waals surface area contributed by atoms with E-state index in [2.05, 4.69) is 10.3 Å². The molecule has 0 aliphatic rings. The van der Waals surface area contributed by atoms with E-state index >= 15 is 0 Å². The zero-order valence-corrected chi connectivity index (χ0v) is 14.9. The quantitative estimate of drug-likeness (QED) is 0.654. The third kappa shape index (κ3) is 3.37. The van der Waals surface area contributed by atoms with Crippen molar-refractivity contribution in [2.75, 3.05) is 0 Å². The standard InChI is InChI=1S/C18H17ClN2O2S/c1-10(8-15(22)16-4-3-7-24-16)20-18(23)17-11(2)13-6-5-12(19)9-14(13)21-17/h3-7,9-10,21H,8H2,1-2H3,(H,20,23). The van der Waals surface area contributed by atoms with Crippen molar-refractivity contribution < 1.29 is 9.59 Å². The highest BCUT2D eigenvalue weighted by Crippen LogP contribution is 2.24. The van der Waals surface area contributed by atoms with Gasteiger partial charge < -0.3 is 10.3 Å². The lowest BCUT2D eigenvalue weighted by Gasteiger charge is -2.12. The molecule has 1 unspecified atom stereocenters. The molecule has 3 rings (SSSR count). The van der Waals surface area contributed by atoms with Gasteiger partial charge in [0, 0.05) is 28.4 Å². The van der Waals surface area contributed by atoms with Crippen LogP contribution in [0, 0.1) is 6.92 Å². The Balaban J connectivity index is 1.72. The molecule has 2 N–H and O–H groups in total. The summed E-state index contributed by atoms with van der Waals surface area (Å²) < 4.78 is 0. The summed E-state index contributed by atoms with van der Waals surface area (Å²) in [6.07, 6.45) is 0.275. The number of hydrogen-bond acceptors (Lipinski definition) is 3. The molecule has 0 aliphatic carbocycles. The number of carbonyl (C=O) groups excluding carboxylic acids is 2. The van der Waals surface area contributed by atoms with Crippen molar-refractivity contribution in [1.82, 2.24) is 10.3 Å². The molecule has 0 spiro atoms. The van der Waals surface area contributed by atoms with Gasteiger partial charge in [-0.25, -0.2) is 0 Å². The first kappa shape index (κ1) is 16.7. The largest absolute Gasteiger partial charge is 0.350 e. The molecule has 0 radical (unpaired) electrons. The summed E-state index contributed by atoms with van der Waals surface area (Å²) in [6.45, 7) is 3.72. The maximum absolute atomic E-state index is 12.5. The Bertz CT molecular complexity index is 899. The fraction of sp³-hybridized carbons (Fsp3) is 0.222. The first-order valence-electron chi connectivity index (χ1n) is 7.61. The molecule has 2 heterocycles. The number of benzene rings is 1. The lowest BCUT2D eigenvalue weighted by molar-refractivity contribution is 0.0916. The highest BCUT2D eigenvalue weighted by molar-refractivity contribution is 7.12. The number of aromatic nitrogens is 1. The average molecular weight is 361 g/mol. The highest BCUT2D eigenvalue weighted by Gasteiger charge is 2.19. The van der Waals surface area contributed by atoms with Crippen LogP contribution in [0.3, 0.4) is 0 Å². The molecule has 0 saturated carbocycles. The molecule has 4 nitrogen and oxygen atoms in total. The van der Waals surface area contributed by atoms with Gasteiger partial charge in [0.25, 0.3) is 5.91 Å². The molecular weight excluding hydrogens is 344 g/mol. The van der Waals surface area contributed by atoms with Crippen LogP contribution in [-0.4, -0.2) is 22.7 Å². The molecule has 1 amide bonds. The number of Topliss-reactive ketones (excluding diaryl/α,β-unsaturated/α-hetero) is 1. The van der Waals surface area contributed by atoms with Gasteiger partial charge in [-0.3, -0.25) is 9.59 Å². The van der Waals surface area contributed by atoms with Crippen LogP contribution in [0.5, 0.6) is 0 Å². The van der Waals surface area contributed by atoms with Crippen LogP contribution in [-0.2, 0) is 0 Å². The summed E-state index contributed by atoms with van der Waals surface area (Å²) >= 11 is 7.41. The predicted molar refractivity (Wildman–Crippen MR) is 98.2 cm³/mol. The second-order valence-electron chi connectivity index (χ2n) is 5.79. The maximum Gasteiger partial charge on any atom is 0.268 e. The predicted octanol–water partition coefficient (Wildman–Crippen LogP) is 4.58. The van der Waals surface area contributed by atoms with Crippen LogP contribution in [0.15, 0.2) is 35.7 Å². The Morgan fingerprint density at radius 1 is 1.33 bits per heavy atom. The smallest absolute Gasteiger partial charge is 0.268 e. The van der Waals surface area contributed by atoms with Crippen molar-refractivity contribution in [3.05, 3.63) is 56.9 Å². The topological polar surface area (TPSA) is 62.0 Å². The summed E-state index contributed by atoms with van der Waals surface area (Å²) in [4.78, 5) is 28.5. The van der Waals surface area contributed by atoms with E-state index in [1.165, 1.54) is 11.3 Å². The lowest BCUT2D eigenvalue weighted by atomic mass is 10.1. The van der Waals surface area contributed by atoms with E-state index in [1.807, 2.05) is 31.4 Å². The SMILES string of the molecule is Cc1c(C(=O)NC(C)CC(=O)c2cccs2)[nH]c2cc(Cl)ccc12. The van der Waals surface area contributed by atoms with Crippen LogP contribution in [0.2, 0.25) is 5.02 Å². The fourth-order valence-corrected chi connectivity index (χ4v) is 3.55. The minimum absolute atomic E-state index is 0.0398. The molecule has 124 valence electrons. The summed E-state index contributed by atoms with van der Waals surface area (Å²) in [5.41, 5.74) is 2.20. The van der Waals surface area contributed by atoms with Gasteiger partial charge in [0.1, 0.15) is 5.69 Å². The van der Waals surface area contributed by atoms with Gasteiger partial charge in [-0.05, 0) is 43.0 Å². The van der Waals surface area contributed by atoms with Gasteiger partial charge in [0.2, 0.25) is 0 Å². The number of thiophene rings is 1. The Labute approximate surface area is 148 Å². The summed E-state index contributed by atoms with van der Waals surface area (Å²) in [5.74, 6) is -0.177. The molecule has 0 aliphatic heterocycles. The number of fused-ring (bicyclic) bond motifs is 1. The molecule has 24 heavy (non-hydrogen) atoms. The number of ketones is 1. The molecule has 2 aromatic heterocycles. The molecule has 0 fully saturated rings. The van der Waals surface area contributed by atoms with E-state index in [0.29, 0.717) is 15.6 Å². The van der Waals surface area contributed by atoms with Crippen molar-refractivity contribution >= 4 is 45.5 Å². The second kappa shape index (κ2) is 6.79. The van der Waals surface area contributed by atoms with Crippen molar-refractivity contribution in [1.29, 1.82) is 0 Å². The third-order valence-electron chi connectivity index (χ3n) is 3.91. The second-order valence-corrected chi connectivity index (χ2v) is 7.18. The van der Waals surface area contributed by atoms with E-state index in [4.69, 9.17) is 11.6 Å². The number of aryl methyl sites for hydroxylation is 1. The van der Waals surface area contributed by atoms with Gasteiger partial charge >= 0.3 is 0 Å². The van der Waals surface area contributed by atoms with Gasteiger partial charge in [-0.15, -0.1) is 11.3 Å². The minimum Gasteiger partial charge on any atom is -0.350 e. The summed E-state index contributed by atoms with van der Waals surface area (Å²) in [6, 6.07) is 8.89. The normalized spacial score (nSPS) is 12.3. The molecule has 0 saturated heterocycles. The van der Waals surface area contributed by atoms with Crippen LogP contribution in [0.4, 0.5) is 0 Å². The van der Waals surface area contributed by atoms with Crippen LogP contribution < -0.4 is 5.32 Å². The highest BCUT2D eigenvalue weighted by atomic mass is 35.5. The van der Waals surface area contributed by atoms with Crippen molar-refractivity contribution in [3.8, 4) is 0 Å². The molecule has 0 bridgehead atoms. The molecule has 3 aromatic rings. The first-order chi connectivity index (χ1) is 11.5. The summed E-state index contributed by atoms with van der Waals surface area (Å²) in [7, 11) is 0. The Hall–Kier alpha value is -2.11. The Morgan fingerprint density at radius 3 is 2.83 bits per heavy atom. The van der Waals surface area contributed by atoms with Crippen LogP contribution >= 0.6 is 22.9 Å². The Morgan fingerprint density at radius 2 is 2.12 bits per heavy atom. The van der Waals surface area contributed by atoms with E-state index in [9.17, 15) is 9.59 Å². The summed E-state index contributed by atoms with van der Waals surface area (Å²) in [5, 5.41) is 6.34. The van der Waals surface area contributed by atoms with Crippen molar-refractivity contribution in [2.24, 2.45) is 0 Å². The lowest BCUT2D eigenvalue weighted by Crippen LogP contribution is -2.34. The van der Waals surface area contributed by atoms with Gasteiger partial charge in [0.15, 0.2) is 5.78 Å².